The van der Waals surface area contributed by atoms with Gasteiger partial charge in [0.05, 0.1) is 7.11 Å². The van der Waals surface area contributed by atoms with Gasteiger partial charge in [0, 0.05) is 24.1 Å². The lowest BCUT2D eigenvalue weighted by atomic mass is 9.98. The highest BCUT2D eigenvalue weighted by molar-refractivity contribution is 7.15. The van der Waals surface area contributed by atoms with Crippen molar-refractivity contribution in [3.05, 3.63) is 34.3 Å². The Bertz CT molecular complexity index is 645. The van der Waals surface area contributed by atoms with Gasteiger partial charge in [-0.1, -0.05) is 44.2 Å². The largest absolute Gasteiger partial charge is 0.496 e. The molecule has 0 saturated heterocycles. The third-order valence-electron chi connectivity index (χ3n) is 3.77. The number of ether oxygens (including phenoxy) is 1. The summed E-state index contributed by atoms with van der Waals surface area (Å²) in [5, 5.41) is 10.9. The second kappa shape index (κ2) is 5.30. The summed E-state index contributed by atoms with van der Waals surface area (Å²) in [5.41, 5.74) is 2.72. The molecule has 0 radical (unpaired) electrons. The summed E-state index contributed by atoms with van der Waals surface area (Å²) in [5.74, 6) is 1.000. The number of fused-ring (bicyclic) bond motifs is 1. The van der Waals surface area contributed by atoms with E-state index in [9.17, 15) is 0 Å². The number of methoxy groups -OCH3 is 1. The summed E-state index contributed by atoms with van der Waals surface area (Å²) < 4.78 is 5.46. The number of nitrogens with zero attached hydrogens (tertiary/aromatic N) is 3. The van der Waals surface area contributed by atoms with E-state index in [1.165, 1.54) is 11.1 Å². The Kier molecular flexibility index (Phi) is 3.61. The van der Waals surface area contributed by atoms with Gasteiger partial charge in [-0.25, -0.2) is 0 Å². The van der Waals surface area contributed by atoms with Gasteiger partial charge in [0.15, 0.2) is 0 Å². The molecular weight excluding hydrogens is 282 g/mol. The van der Waals surface area contributed by atoms with Crippen LogP contribution < -0.4 is 9.64 Å². The van der Waals surface area contributed by atoms with Gasteiger partial charge in [0.2, 0.25) is 5.13 Å². The van der Waals surface area contributed by atoms with E-state index < -0.39 is 0 Å². The Labute approximate surface area is 129 Å². The van der Waals surface area contributed by atoms with Crippen molar-refractivity contribution in [2.75, 3.05) is 18.6 Å². The molecule has 1 aliphatic rings. The van der Waals surface area contributed by atoms with Gasteiger partial charge in [0.1, 0.15) is 10.8 Å². The first-order valence-corrected chi connectivity index (χ1v) is 8.04. The molecule has 5 heteroatoms. The number of aromatic nitrogens is 2. The maximum absolute atomic E-state index is 5.46. The molecule has 0 amide bonds. The van der Waals surface area contributed by atoms with Crippen LogP contribution in [0, 0.1) is 0 Å². The zero-order chi connectivity index (χ0) is 15.0. The number of benzene rings is 1. The molecule has 0 fully saturated rings. The predicted molar refractivity (Wildman–Crippen MR) is 86.4 cm³/mol. The Balaban J connectivity index is 1.85. The summed E-state index contributed by atoms with van der Waals surface area (Å²) in [6, 6.07) is 6.27. The molecule has 2 aromatic rings. The fourth-order valence-electron chi connectivity index (χ4n) is 2.58. The van der Waals surface area contributed by atoms with Gasteiger partial charge in [-0.05, 0) is 18.1 Å². The molecule has 0 N–H and O–H groups in total. The number of rotatable bonds is 2. The van der Waals surface area contributed by atoms with E-state index in [0.717, 1.165) is 35.4 Å². The highest BCUT2D eigenvalue weighted by Gasteiger charge is 2.24. The molecule has 1 aromatic carbocycles. The maximum Gasteiger partial charge on any atom is 0.208 e. The summed E-state index contributed by atoms with van der Waals surface area (Å²) in [6.45, 7) is 8.37. The predicted octanol–water partition coefficient (Wildman–Crippen LogP) is 3.41. The first kappa shape index (κ1) is 14.3. The average Bonchev–Trinajstić information content (AvgIpc) is 2.96. The minimum atomic E-state index is 0.0623. The highest BCUT2D eigenvalue weighted by atomic mass is 32.1. The summed E-state index contributed by atoms with van der Waals surface area (Å²) in [7, 11) is 1.74. The molecule has 0 saturated carbocycles. The molecule has 0 aliphatic carbocycles. The molecule has 112 valence electrons. The van der Waals surface area contributed by atoms with Gasteiger partial charge in [-0.3, -0.25) is 0 Å². The van der Waals surface area contributed by atoms with Crippen LogP contribution in [-0.2, 0) is 18.4 Å². The first-order valence-electron chi connectivity index (χ1n) is 7.23. The van der Waals surface area contributed by atoms with Crippen LogP contribution in [0.2, 0.25) is 0 Å². The summed E-state index contributed by atoms with van der Waals surface area (Å²) in [4.78, 5) is 2.31. The van der Waals surface area contributed by atoms with Crippen LogP contribution in [0.3, 0.4) is 0 Å². The molecule has 3 rings (SSSR count). The lowest BCUT2D eigenvalue weighted by Crippen LogP contribution is -2.30. The van der Waals surface area contributed by atoms with Crippen molar-refractivity contribution in [1.82, 2.24) is 10.2 Å². The van der Waals surface area contributed by atoms with Gasteiger partial charge >= 0.3 is 0 Å². The first-order chi connectivity index (χ1) is 9.99. The van der Waals surface area contributed by atoms with E-state index in [2.05, 4.69) is 48.0 Å². The van der Waals surface area contributed by atoms with Crippen LogP contribution in [0.15, 0.2) is 18.2 Å². The van der Waals surface area contributed by atoms with Crippen LogP contribution in [0.5, 0.6) is 5.75 Å². The molecule has 0 bridgehead atoms. The SMILES string of the molecule is COc1cccc2c1CCN(c1nnc(C(C)(C)C)s1)C2. The topological polar surface area (TPSA) is 38.2 Å². The molecule has 1 aliphatic heterocycles. The Hall–Kier alpha value is -1.62. The molecular formula is C16H21N3OS. The molecule has 2 heterocycles. The fourth-order valence-corrected chi connectivity index (χ4v) is 3.50. The van der Waals surface area contributed by atoms with E-state index in [-0.39, 0.29) is 5.41 Å². The molecule has 1 aromatic heterocycles. The monoisotopic (exact) mass is 303 g/mol. The lowest BCUT2D eigenvalue weighted by molar-refractivity contribution is 0.407. The number of hydrogen-bond acceptors (Lipinski definition) is 5. The minimum Gasteiger partial charge on any atom is -0.496 e. The van der Waals surface area contributed by atoms with Gasteiger partial charge < -0.3 is 9.64 Å². The Morgan fingerprint density at radius 1 is 1.24 bits per heavy atom. The summed E-state index contributed by atoms with van der Waals surface area (Å²) in [6.07, 6.45) is 0.990. The summed E-state index contributed by atoms with van der Waals surface area (Å²) >= 11 is 1.70. The molecule has 0 atom stereocenters. The van der Waals surface area contributed by atoms with Crippen molar-refractivity contribution in [3.8, 4) is 5.75 Å². The standard InChI is InChI=1S/C16H21N3OS/c1-16(2,3)14-17-18-15(21-14)19-9-8-12-11(10-19)6-5-7-13(12)20-4/h5-7H,8-10H2,1-4H3. The second-order valence-corrected chi connectivity index (χ2v) is 7.37. The Morgan fingerprint density at radius 2 is 2.05 bits per heavy atom. The van der Waals surface area contributed by atoms with Gasteiger partial charge in [0.25, 0.3) is 0 Å². The van der Waals surface area contributed by atoms with Crippen molar-refractivity contribution in [2.45, 2.75) is 39.2 Å². The van der Waals surface area contributed by atoms with E-state index in [0.29, 0.717) is 0 Å². The zero-order valence-electron chi connectivity index (χ0n) is 13.0. The van der Waals surface area contributed by atoms with Crippen LogP contribution in [0.4, 0.5) is 5.13 Å². The highest BCUT2D eigenvalue weighted by Crippen LogP contribution is 2.34. The van der Waals surface area contributed by atoms with Crippen LogP contribution in [-0.4, -0.2) is 23.9 Å². The zero-order valence-corrected chi connectivity index (χ0v) is 13.8. The van der Waals surface area contributed by atoms with Gasteiger partial charge in [-0.2, -0.15) is 0 Å². The number of hydrogen-bond donors (Lipinski definition) is 0. The Morgan fingerprint density at radius 3 is 2.71 bits per heavy atom. The van der Waals surface area contributed by atoms with E-state index in [1.807, 2.05) is 6.07 Å². The quantitative estimate of drug-likeness (QED) is 0.852. The van der Waals surface area contributed by atoms with Crippen molar-refractivity contribution in [2.24, 2.45) is 0 Å². The minimum absolute atomic E-state index is 0.0623. The average molecular weight is 303 g/mol. The molecule has 0 spiro atoms. The van der Waals surface area contributed by atoms with Crippen LogP contribution in [0.25, 0.3) is 0 Å². The lowest BCUT2D eigenvalue weighted by Gasteiger charge is -2.29. The fraction of sp³-hybridized carbons (Fsp3) is 0.500. The van der Waals surface area contributed by atoms with E-state index in [1.54, 1.807) is 18.4 Å². The molecule has 21 heavy (non-hydrogen) atoms. The third kappa shape index (κ3) is 2.75. The number of anilines is 1. The van der Waals surface area contributed by atoms with E-state index in [4.69, 9.17) is 4.74 Å². The van der Waals surface area contributed by atoms with Crippen LogP contribution >= 0.6 is 11.3 Å². The van der Waals surface area contributed by atoms with Crippen molar-refractivity contribution >= 4 is 16.5 Å². The third-order valence-corrected chi connectivity index (χ3v) is 5.18. The maximum atomic E-state index is 5.46. The smallest absolute Gasteiger partial charge is 0.208 e. The second-order valence-electron chi connectivity index (χ2n) is 6.41. The molecule has 0 unspecified atom stereocenters. The van der Waals surface area contributed by atoms with Crippen molar-refractivity contribution < 1.29 is 4.74 Å². The van der Waals surface area contributed by atoms with Crippen molar-refractivity contribution in [1.29, 1.82) is 0 Å². The van der Waals surface area contributed by atoms with Crippen LogP contribution in [0.1, 0.15) is 36.9 Å². The molecule has 4 nitrogen and oxygen atoms in total. The normalized spacial score (nSPS) is 15.0. The van der Waals surface area contributed by atoms with E-state index >= 15 is 0 Å². The van der Waals surface area contributed by atoms with Crippen molar-refractivity contribution in [3.63, 3.8) is 0 Å². The van der Waals surface area contributed by atoms with Gasteiger partial charge in [-0.15, -0.1) is 10.2 Å².